The van der Waals surface area contributed by atoms with Crippen LogP contribution in [0, 0.1) is 45.3 Å². The molecule has 162 valence electrons. The second kappa shape index (κ2) is 8.64. The first kappa shape index (κ1) is 22.4. The van der Waals surface area contributed by atoms with E-state index in [1.807, 2.05) is 43.3 Å². The summed E-state index contributed by atoms with van der Waals surface area (Å²) in [6.07, 6.45) is 3.55. The number of nitriles is 4. The summed E-state index contributed by atoms with van der Waals surface area (Å²) in [4.78, 5) is 16.0. The number of benzene rings is 1. The fourth-order valence-corrected chi connectivity index (χ4v) is 4.93. The van der Waals surface area contributed by atoms with Gasteiger partial charge in [0.25, 0.3) is 0 Å². The number of ketones is 1. The zero-order valence-electron chi connectivity index (χ0n) is 18.5. The number of pyridine rings is 1. The van der Waals surface area contributed by atoms with Crippen LogP contribution in [0.5, 0.6) is 0 Å². The maximum absolute atomic E-state index is 13.5. The van der Waals surface area contributed by atoms with Crippen LogP contribution in [0.15, 0.2) is 58.6 Å². The quantitative estimate of drug-likeness (QED) is 0.319. The molecule has 0 amide bonds. The van der Waals surface area contributed by atoms with Gasteiger partial charge in [-0.2, -0.15) is 21.0 Å². The average Bonchev–Trinajstić information content (AvgIpc) is 3.33. The summed E-state index contributed by atoms with van der Waals surface area (Å²) in [5.41, 5.74) is 2.90. The summed E-state index contributed by atoms with van der Waals surface area (Å²) in [7, 11) is 3.77. The second-order valence-electron chi connectivity index (χ2n) is 7.61. The van der Waals surface area contributed by atoms with Gasteiger partial charge in [0, 0.05) is 37.1 Å². The van der Waals surface area contributed by atoms with Crippen molar-refractivity contribution in [1.82, 2.24) is 4.40 Å². The van der Waals surface area contributed by atoms with Gasteiger partial charge in [-0.05, 0) is 24.0 Å². The molecule has 7 nitrogen and oxygen atoms in total. The lowest BCUT2D eigenvalue weighted by atomic mass is 9.94. The first-order valence-electron chi connectivity index (χ1n) is 10.1. The standard InChI is InChI=1S/C26H16N6OS/c1-31(2)16-8-9-32-21(10-16)19(13-29)26(34-3)24(32)20(14-30)23-22(15(11-27)12-28)17-6-4-5-7-18(17)25(23)33/h4-10H,1-3H3/b23-20-. The van der Waals surface area contributed by atoms with Crippen LogP contribution >= 0.6 is 11.8 Å². The summed E-state index contributed by atoms with van der Waals surface area (Å²) in [5.74, 6) is -0.435. The fraction of sp³-hybridized carbons (Fsp3) is 0.115. The normalized spacial score (nSPS) is 13.5. The first-order valence-corrected chi connectivity index (χ1v) is 11.3. The number of aromatic nitrogens is 1. The molecular weight excluding hydrogens is 444 g/mol. The van der Waals surface area contributed by atoms with E-state index in [2.05, 4.69) is 12.1 Å². The van der Waals surface area contributed by atoms with Crippen molar-refractivity contribution in [2.75, 3.05) is 25.3 Å². The Morgan fingerprint density at radius 2 is 1.65 bits per heavy atom. The van der Waals surface area contributed by atoms with Gasteiger partial charge in [0.05, 0.1) is 32.8 Å². The Balaban J connectivity index is 2.21. The number of nitrogens with zero attached hydrogens (tertiary/aromatic N) is 6. The average molecular weight is 461 g/mol. The number of allylic oxidation sites excluding steroid dienone is 4. The molecule has 1 aliphatic rings. The lowest BCUT2D eigenvalue weighted by Crippen LogP contribution is -2.09. The predicted molar refractivity (Wildman–Crippen MR) is 130 cm³/mol. The van der Waals surface area contributed by atoms with Gasteiger partial charge in [0.2, 0.25) is 0 Å². The highest BCUT2D eigenvalue weighted by molar-refractivity contribution is 7.98. The Morgan fingerprint density at radius 3 is 2.21 bits per heavy atom. The molecule has 0 radical (unpaired) electrons. The number of anilines is 1. The van der Waals surface area contributed by atoms with Gasteiger partial charge in [-0.15, -0.1) is 11.8 Å². The molecule has 4 rings (SSSR count). The molecule has 0 aliphatic heterocycles. The zero-order valence-corrected chi connectivity index (χ0v) is 19.4. The van der Waals surface area contributed by atoms with Crippen LogP contribution in [-0.4, -0.2) is 30.5 Å². The van der Waals surface area contributed by atoms with Crippen LogP contribution in [0.1, 0.15) is 27.2 Å². The van der Waals surface area contributed by atoms with E-state index in [0.29, 0.717) is 32.8 Å². The maximum Gasteiger partial charge on any atom is 0.195 e. The summed E-state index contributed by atoms with van der Waals surface area (Å²) < 4.78 is 1.72. The largest absolute Gasteiger partial charge is 0.378 e. The Bertz CT molecular complexity index is 1610. The minimum absolute atomic E-state index is 0.00215. The van der Waals surface area contributed by atoms with E-state index >= 15 is 0 Å². The Hall–Kier alpha value is -4.76. The van der Waals surface area contributed by atoms with Gasteiger partial charge >= 0.3 is 0 Å². The van der Waals surface area contributed by atoms with Crippen molar-refractivity contribution in [3.8, 4) is 24.3 Å². The van der Waals surface area contributed by atoms with E-state index in [-0.39, 0.29) is 22.3 Å². The number of hydrogen-bond donors (Lipinski definition) is 0. The fourth-order valence-electron chi connectivity index (χ4n) is 4.18. The highest BCUT2D eigenvalue weighted by atomic mass is 32.2. The molecule has 34 heavy (non-hydrogen) atoms. The van der Waals surface area contributed by atoms with Crippen molar-refractivity contribution in [3.63, 3.8) is 0 Å². The van der Waals surface area contributed by atoms with Gasteiger partial charge in [0.1, 0.15) is 29.8 Å². The molecule has 0 bridgehead atoms. The van der Waals surface area contributed by atoms with Crippen molar-refractivity contribution in [3.05, 3.63) is 76.1 Å². The third kappa shape index (κ3) is 3.14. The molecule has 0 atom stereocenters. The van der Waals surface area contributed by atoms with Gasteiger partial charge in [-0.3, -0.25) is 4.79 Å². The molecule has 0 unspecified atom stereocenters. The molecular formula is C26H16N6OS. The topological polar surface area (TPSA) is 120 Å². The van der Waals surface area contributed by atoms with Crippen molar-refractivity contribution in [2.24, 2.45) is 0 Å². The van der Waals surface area contributed by atoms with E-state index < -0.39 is 5.78 Å². The predicted octanol–water partition coefficient (Wildman–Crippen LogP) is 4.57. The van der Waals surface area contributed by atoms with Crippen molar-refractivity contribution >= 4 is 39.9 Å². The lowest BCUT2D eigenvalue weighted by Gasteiger charge is -2.13. The maximum atomic E-state index is 13.5. The van der Waals surface area contributed by atoms with Crippen molar-refractivity contribution in [1.29, 1.82) is 21.0 Å². The summed E-state index contributed by atoms with van der Waals surface area (Å²) in [6.45, 7) is 0. The Labute approximate surface area is 200 Å². The van der Waals surface area contributed by atoms with Gasteiger partial charge in [0.15, 0.2) is 5.78 Å². The molecule has 0 saturated carbocycles. The molecule has 8 heteroatoms. The Kier molecular flexibility index (Phi) is 5.70. The van der Waals surface area contributed by atoms with Gasteiger partial charge in [-0.25, -0.2) is 0 Å². The van der Waals surface area contributed by atoms with Gasteiger partial charge in [-0.1, -0.05) is 24.3 Å². The van der Waals surface area contributed by atoms with Crippen LogP contribution in [0.3, 0.4) is 0 Å². The van der Waals surface area contributed by atoms with E-state index in [1.54, 1.807) is 41.1 Å². The Morgan fingerprint density at radius 1 is 0.971 bits per heavy atom. The third-order valence-corrected chi connectivity index (χ3v) is 6.51. The molecule has 0 fully saturated rings. The molecule has 2 heterocycles. The number of carbonyl (C=O) groups excluding carboxylic acids is 1. The highest BCUT2D eigenvalue weighted by Gasteiger charge is 2.37. The van der Waals surface area contributed by atoms with Crippen LogP contribution < -0.4 is 4.90 Å². The molecule has 1 aromatic carbocycles. The first-order chi connectivity index (χ1) is 16.4. The number of thioether (sulfide) groups is 1. The highest BCUT2D eigenvalue weighted by Crippen LogP contribution is 2.45. The molecule has 3 aromatic rings. The number of fused-ring (bicyclic) bond motifs is 2. The van der Waals surface area contributed by atoms with E-state index in [1.165, 1.54) is 11.8 Å². The molecule has 0 N–H and O–H groups in total. The summed E-state index contributed by atoms with van der Waals surface area (Å²) >= 11 is 1.30. The smallest absolute Gasteiger partial charge is 0.195 e. The minimum atomic E-state index is -0.435. The van der Waals surface area contributed by atoms with Crippen LogP contribution in [0.2, 0.25) is 0 Å². The number of hydrogen-bond acceptors (Lipinski definition) is 7. The molecule has 0 saturated heterocycles. The van der Waals surface area contributed by atoms with E-state index in [9.17, 15) is 25.8 Å². The van der Waals surface area contributed by atoms with E-state index in [0.717, 1.165) is 5.69 Å². The monoisotopic (exact) mass is 460 g/mol. The molecule has 0 spiro atoms. The SMILES string of the molecule is CSc1c(C#N)c2cc(N(C)C)ccn2c1/C(C#N)=C1\C(=O)c2ccccc2C1=C(C#N)C#N. The second-order valence-corrected chi connectivity index (χ2v) is 8.43. The van der Waals surface area contributed by atoms with E-state index in [4.69, 9.17) is 0 Å². The number of carbonyl (C=O) groups is 1. The van der Waals surface area contributed by atoms with Crippen LogP contribution in [0.25, 0.3) is 16.7 Å². The third-order valence-electron chi connectivity index (χ3n) is 5.70. The number of Topliss-reactive ketones (excluding diaryl/α,β-unsaturated/α-hetero) is 1. The lowest BCUT2D eigenvalue weighted by molar-refractivity contribution is 0.104. The van der Waals surface area contributed by atoms with Crippen LogP contribution in [-0.2, 0) is 0 Å². The zero-order chi connectivity index (χ0) is 24.6. The summed E-state index contributed by atoms with van der Waals surface area (Å²) in [6, 6.07) is 18.5. The summed E-state index contributed by atoms with van der Waals surface area (Å²) in [5, 5.41) is 39.6. The molecule has 1 aliphatic carbocycles. The van der Waals surface area contributed by atoms with Crippen LogP contribution in [0.4, 0.5) is 5.69 Å². The van der Waals surface area contributed by atoms with Gasteiger partial charge < -0.3 is 9.30 Å². The minimum Gasteiger partial charge on any atom is -0.378 e. The van der Waals surface area contributed by atoms with Crippen molar-refractivity contribution in [2.45, 2.75) is 4.90 Å². The number of rotatable bonds is 3. The molecule has 2 aromatic heterocycles. The van der Waals surface area contributed by atoms with Crippen molar-refractivity contribution < 1.29 is 4.79 Å².